The number of benzene rings is 2. The van der Waals surface area contributed by atoms with Crippen LogP contribution in [0.3, 0.4) is 0 Å². The third kappa shape index (κ3) is 4.98. The largest absolute Gasteiger partial charge is 0.545 e. The van der Waals surface area contributed by atoms with E-state index in [0.717, 1.165) is 5.56 Å². The Morgan fingerprint density at radius 3 is 2.50 bits per heavy atom. The van der Waals surface area contributed by atoms with E-state index in [1.165, 1.54) is 25.3 Å². The van der Waals surface area contributed by atoms with Crippen molar-refractivity contribution in [1.29, 1.82) is 0 Å². The molecule has 0 N–H and O–H groups in total. The normalized spacial score (nSPS) is 10.1. The molecule has 0 radical (unpaired) electrons. The average Bonchev–Trinajstić information content (AvgIpc) is 2.65. The fourth-order valence-corrected chi connectivity index (χ4v) is 2.79. The second kappa shape index (κ2) is 9.23. The summed E-state index contributed by atoms with van der Waals surface area (Å²) >= 11 is 1.96. The van der Waals surface area contributed by atoms with Gasteiger partial charge in [0, 0.05) is 0 Å². The van der Waals surface area contributed by atoms with Crippen LogP contribution >= 0.6 is 22.6 Å². The van der Waals surface area contributed by atoms with Crippen molar-refractivity contribution in [2.45, 2.75) is 0 Å². The lowest BCUT2D eigenvalue weighted by molar-refractivity contribution is -0.255. The molecule has 0 aliphatic heterocycles. The molecule has 0 fully saturated rings. The van der Waals surface area contributed by atoms with Crippen molar-refractivity contribution in [1.82, 2.24) is 0 Å². The molecule has 2 aromatic carbocycles. The van der Waals surface area contributed by atoms with Crippen molar-refractivity contribution in [3.05, 3.63) is 63.2 Å². The Kier molecular flexibility index (Phi) is 7.02. The van der Waals surface area contributed by atoms with Crippen LogP contribution in [0, 0.1) is 3.57 Å². The summed E-state index contributed by atoms with van der Waals surface area (Å²) < 4.78 is 16.5. The van der Waals surface area contributed by atoms with E-state index in [4.69, 9.17) is 14.2 Å². The first-order valence-electron chi connectivity index (χ1n) is 7.57. The maximum absolute atomic E-state index is 12.2. The number of rotatable bonds is 8. The number of carboxylic acids is 1. The maximum Gasteiger partial charge on any atom is 0.342 e. The molecule has 26 heavy (non-hydrogen) atoms. The highest BCUT2D eigenvalue weighted by atomic mass is 127. The molecule has 7 heteroatoms. The molecule has 0 aliphatic rings. The molecule has 0 saturated carbocycles. The van der Waals surface area contributed by atoms with Crippen LogP contribution in [-0.2, 0) is 4.74 Å². The molecule has 0 atom stereocenters. The molecule has 0 aliphatic carbocycles. The lowest BCUT2D eigenvalue weighted by atomic mass is 10.1. The lowest BCUT2D eigenvalue weighted by Crippen LogP contribution is -2.22. The van der Waals surface area contributed by atoms with Gasteiger partial charge in [0.05, 0.1) is 16.6 Å². The highest BCUT2D eigenvalue weighted by Crippen LogP contribution is 2.23. The summed E-state index contributed by atoms with van der Waals surface area (Å²) in [5.41, 5.74) is 1.15. The summed E-state index contributed by atoms with van der Waals surface area (Å²) in [6, 6.07) is 9.46. The topological polar surface area (TPSA) is 84.9 Å². The monoisotopic (exact) mass is 467 g/mol. The molecule has 0 heterocycles. The molecule has 2 rings (SSSR count). The highest BCUT2D eigenvalue weighted by Gasteiger charge is 2.14. The van der Waals surface area contributed by atoms with Gasteiger partial charge in [-0.2, -0.15) is 0 Å². The van der Waals surface area contributed by atoms with Gasteiger partial charge in [-0.3, -0.25) is 0 Å². The SMILES string of the molecule is C=Cc1ccc(OC)c(C(=O)OCCOc2ccc(C(=O)[O-])cc2I)c1. The minimum absolute atomic E-state index is 0.0264. The van der Waals surface area contributed by atoms with Crippen LogP contribution in [0.1, 0.15) is 26.3 Å². The molecule has 136 valence electrons. The minimum atomic E-state index is -1.25. The number of hydrogen-bond donors (Lipinski definition) is 0. The zero-order valence-electron chi connectivity index (χ0n) is 14.0. The number of esters is 1. The Bertz CT molecular complexity index is 831. The van der Waals surface area contributed by atoms with Gasteiger partial charge in [-0.25, -0.2) is 4.79 Å². The van der Waals surface area contributed by atoms with Gasteiger partial charge in [0.25, 0.3) is 0 Å². The fourth-order valence-electron chi connectivity index (χ4n) is 2.12. The van der Waals surface area contributed by atoms with Crippen molar-refractivity contribution in [2.24, 2.45) is 0 Å². The molecule has 0 unspecified atom stereocenters. The van der Waals surface area contributed by atoms with E-state index >= 15 is 0 Å². The molecule has 0 aromatic heterocycles. The smallest absolute Gasteiger partial charge is 0.342 e. The Morgan fingerprint density at radius 2 is 1.88 bits per heavy atom. The summed E-state index contributed by atoms with van der Waals surface area (Å²) in [7, 11) is 1.47. The number of halogens is 1. The second-order valence-corrected chi connectivity index (χ2v) is 6.24. The summed E-state index contributed by atoms with van der Waals surface area (Å²) in [5.74, 6) is -0.873. The number of aromatic carboxylic acids is 1. The summed E-state index contributed by atoms with van der Waals surface area (Å²) in [4.78, 5) is 23.0. The second-order valence-electron chi connectivity index (χ2n) is 5.08. The van der Waals surface area contributed by atoms with Gasteiger partial charge in [0.1, 0.15) is 30.3 Å². The number of carboxylic acid groups (broad SMARTS) is 1. The van der Waals surface area contributed by atoms with Crippen LogP contribution in [0.15, 0.2) is 43.0 Å². The third-order valence-corrected chi connectivity index (χ3v) is 4.26. The molecular weight excluding hydrogens is 451 g/mol. The Balaban J connectivity index is 1.93. The molecule has 2 aromatic rings. The first-order chi connectivity index (χ1) is 12.5. The number of ether oxygens (including phenoxy) is 3. The lowest BCUT2D eigenvalue weighted by Gasteiger charge is -2.12. The average molecular weight is 467 g/mol. The van der Waals surface area contributed by atoms with E-state index in [0.29, 0.717) is 20.6 Å². The quantitative estimate of drug-likeness (QED) is 0.337. The van der Waals surface area contributed by atoms with Gasteiger partial charge in [0.15, 0.2) is 0 Å². The van der Waals surface area contributed by atoms with Crippen molar-refractivity contribution in [2.75, 3.05) is 20.3 Å². The van der Waals surface area contributed by atoms with E-state index in [1.807, 2.05) is 22.6 Å². The van der Waals surface area contributed by atoms with Crippen LogP contribution in [0.5, 0.6) is 11.5 Å². The fraction of sp³-hybridized carbons (Fsp3) is 0.158. The number of carbonyl (C=O) groups excluding carboxylic acids is 2. The predicted molar refractivity (Wildman–Crippen MR) is 102 cm³/mol. The van der Waals surface area contributed by atoms with Crippen molar-refractivity contribution in [3.8, 4) is 11.5 Å². The predicted octanol–water partition coefficient (Wildman–Crippen LogP) is 2.54. The van der Waals surface area contributed by atoms with Crippen LogP contribution in [-0.4, -0.2) is 32.3 Å². The molecular formula is C19H16IO6-. The Hall–Kier alpha value is -2.55. The van der Waals surface area contributed by atoms with Crippen LogP contribution in [0.4, 0.5) is 0 Å². The molecule has 0 saturated heterocycles. The van der Waals surface area contributed by atoms with E-state index in [-0.39, 0.29) is 18.8 Å². The molecule has 0 bridgehead atoms. The Labute approximate surface area is 164 Å². The first kappa shape index (κ1) is 19.8. The van der Waals surface area contributed by atoms with Gasteiger partial charge in [0.2, 0.25) is 0 Å². The molecule has 0 amide bonds. The standard InChI is InChI=1S/C19H17IO6/c1-3-12-4-6-16(24-2)14(10-12)19(23)26-9-8-25-17-7-5-13(18(21)22)11-15(17)20/h3-7,10-11H,1,8-9H2,2H3,(H,21,22)/p-1. The van der Waals surface area contributed by atoms with E-state index in [2.05, 4.69) is 6.58 Å². The van der Waals surface area contributed by atoms with Gasteiger partial charge in [-0.05, 0) is 64.0 Å². The van der Waals surface area contributed by atoms with E-state index in [9.17, 15) is 14.7 Å². The summed E-state index contributed by atoms with van der Waals surface area (Å²) in [6.07, 6.45) is 1.62. The zero-order chi connectivity index (χ0) is 19.1. The van der Waals surface area contributed by atoms with Crippen LogP contribution in [0.25, 0.3) is 6.08 Å². The zero-order valence-corrected chi connectivity index (χ0v) is 16.1. The third-order valence-electron chi connectivity index (χ3n) is 3.42. The molecule has 6 nitrogen and oxygen atoms in total. The van der Waals surface area contributed by atoms with E-state index < -0.39 is 11.9 Å². The maximum atomic E-state index is 12.2. The summed E-state index contributed by atoms with van der Waals surface area (Å²) in [6.45, 7) is 3.81. The van der Waals surface area contributed by atoms with Crippen molar-refractivity contribution < 1.29 is 28.9 Å². The van der Waals surface area contributed by atoms with Crippen LogP contribution in [0.2, 0.25) is 0 Å². The number of methoxy groups -OCH3 is 1. The van der Waals surface area contributed by atoms with Gasteiger partial charge in [-0.15, -0.1) is 0 Å². The van der Waals surface area contributed by atoms with Crippen molar-refractivity contribution in [3.63, 3.8) is 0 Å². The molecule has 0 spiro atoms. The van der Waals surface area contributed by atoms with Gasteiger partial charge < -0.3 is 24.1 Å². The summed E-state index contributed by atoms with van der Waals surface area (Å²) in [5, 5.41) is 10.8. The van der Waals surface area contributed by atoms with E-state index in [1.54, 1.807) is 24.3 Å². The van der Waals surface area contributed by atoms with Crippen molar-refractivity contribution >= 4 is 40.6 Å². The minimum Gasteiger partial charge on any atom is -0.545 e. The first-order valence-corrected chi connectivity index (χ1v) is 8.65. The number of carbonyl (C=O) groups is 2. The van der Waals surface area contributed by atoms with Gasteiger partial charge in [-0.1, -0.05) is 18.7 Å². The van der Waals surface area contributed by atoms with Gasteiger partial charge >= 0.3 is 5.97 Å². The van der Waals surface area contributed by atoms with Crippen LogP contribution < -0.4 is 14.6 Å². The Morgan fingerprint density at radius 1 is 1.15 bits per heavy atom. The highest BCUT2D eigenvalue weighted by molar-refractivity contribution is 14.1. The number of hydrogen-bond acceptors (Lipinski definition) is 6.